The standard InChI is InChI=1S/C22H27F3NO3P/c1-15(2)28-30(27,29-16(3)4)21-20(18-8-6-5-7-9-18)26(21)14-17-10-12-19(13-11-17)22(23,24)25/h5-13,15-16,20-21H,14H2,1-4H3/t20-,21+,26?/m1/s1. The number of halogens is 3. The summed E-state index contributed by atoms with van der Waals surface area (Å²) in [5.74, 6) is -0.494. The number of alkyl halides is 3. The number of hydrogen-bond acceptors (Lipinski definition) is 4. The Bertz CT molecular complexity index is 871. The first kappa shape index (κ1) is 23.0. The molecule has 0 spiro atoms. The minimum absolute atomic E-state index is 0.197. The summed E-state index contributed by atoms with van der Waals surface area (Å²) in [6, 6.07) is 14.4. The highest BCUT2D eigenvalue weighted by Gasteiger charge is 2.61. The molecule has 0 N–H and O–H groups in total. The van der Waals surface area contributed by atoms with Crippen LogP contribution in [0.4, 0.5) is 13.2 Å². The maximum atomic E-state index is 13.7. The van der Waals surface area contributed by atoms with Crippen molar-refractivity contribution in [3.05, 3.63) is 71.3 Å². The Labute approximate surface area is 175 Å². The maximum Gasteiger partial charge on any atom is 0.416 e. The van der Waals surface area contributed by atoms with E-state index in [4.69, 9.17) is 9.05 Å². The fourth-order valence-electron chi connectivity index (χ4n) is 3.57. The van der Waals surface area contributed by atoms with Gasteiger partial charge in [-0.25, -0.2) is 0 Å². The van der Waals surface area contributed by atoms with E-state index in [-0.39, 0.29) is 18.2 Å². The molecule has 1 fully saturated rings. The molecule has 2 aromatic rings. The van der Waals surface area contributed by atoms with E-state index in [9.17, 15) is 17.7 Å². The fourth-order valence-corrected chi connectivity index (χ4v) is 6.24. The van der Waals surface area contributed by atoms with E-state index in [0.717, 1.165) is 17.7 Å². The van der Waals surface area contributed by atoms with Crippen molar-refractivity contribution in [1.29, 1.82) is 0 Å². The van der Waals surface area contributed by atoms with Crippen molar-refractivity contribution < 1.29 is 26.8 Å². The molecule has 0 aromatic heterocycles. The lowest BCUT2D eigenvalue weighted by Gasteiger charge is -2.23. The quantitative estimate of drug-likeness (QED) is 0.340. The third-order valence-corrected chi connectivity index (χ3v) is 7.37. The zero-order valence-electron chi connectivity index (χ0n) is 17.5. The summed E-state index contributed by atoms with van der Waals surface area (Å²) >= 11 is 0. The number of benzene rings is 2. The summed E-state index contributed by atoms with van der Waals surface area (Å²) in [5, 5.41) is 0. The van der Waals surface area contributed by atoms with Gasteiger partial charge in [0.2, 0.25) is 0 Å². The van der Waals surface area contributed by atoms with Crippen molar-refractivity contribution in [3.63, 3.8) is 0 Å². The summed E-state index contributed by atoms with van der Waals surface area (Å²) < 4.78 is 63.9. The Morgan fingerprint density at radius 2 is 1.47 bits per heavy atom. The van der Waals surface area contributed by atoms with Crippen molar-refractivity contribution in [1.82, 2.24) is 4.90 Å². The van der Waals surface area contributed by atoms with Crippen LogP contribution >= 0.6 is 7.60 Å². The predicted octanol–water partition coefficient (Wildman–Crippen LogP) is 6.63. The molecule has 8 heteroatoms. The molecule has 3 rings (SSSR count). The molecule has 4 nitrogen and oxygen atoms in total. The molecular weight excluding hydrogens is 414 g/mol. The van der Waals surface area contributed by atoms with Gasteiger partial charge in [-0.05, 0) is 51.0 Å². The van der Waals surface area contributed by atoms with Crippen LogP contribution in [0.15, 0.2) is 54.6 Å². The van der Waals surface area contributed by atoms with Crippen LogP contribution in [-0.2, 0) is 26.3 Å². The van der Waals surface area contributed by atoms with Crippen LogP contribution in [0, 0.1) is 0 Å². The molecule has 2 aromatic carbocycles. The molecule has 1 heterocycles. The molecule has 30 heavy (non-hydrogen) atoms. The Hall–Kier alpha value is -1.66. The largest absolute Gasteiger partial charge is 0.416 e. The summed E-state index contributed by atoms with van der Waals surface area (Å²) in [4.78, 5) is 1.96. The maximum absolute atomic E-state index is 13.7. The molecule has 1 saturated heterocycles. The smallest absolute Gasteiger partial charge is 0.305 e. The SMILES string of the molecule is CC(C)OP(=O)(OC(C)C)[C@H]1[C@@H](c2ccccc2)N1Cc1ccc(C(F)(F)F)cc1. The van der Waals surface area contributed by atoms with Gasteiger partial charge < -0.3 is 9.05 Å². The molecule has 1 unspecified atom stereocenters. The molecule has 1 aliphatic rings. The first-order valence-corrected chi connectivity index (χ1v) is 11.6. The van der Waals surface area contributed by atoms with Gasteiger partial charge in [0.1, 0.15) is 5.78 Å². The van der Waals surface area contributed by atoms with E-state index < -0.39 is 25.1 Å². The van der Waals surface area contributed by atoms with Crippen LogP contribution in [0.3, 0.4) is 0 Å². The lowest BCUT2D eigenvalue weighted by Crippen LogP contribution is -2.14. The first-order chi connectivity index (χ1) is 14.0. The summed E-state index contributed by atoms with van der Waals surface area (Å²) in [6.45, 7) is 7.55. The molecule has 0 aliphatic carbocycles. The fraction of sp³-hybridized carbons (Fsp3) is 0.455. The highest BCUT2D eigenvalue weighted by atomic mass is 31.2. The van der Waals surface area contributed by atoms with Gasteiger partial charge in [0.25, 0.3) is 0 Å². The Morgan fingerprint density at radius 1 is 0.933 bits per heavy atom. The van der Waals surface area contributed by atoms with Crippen LogP contribution in [0.25, 0.3) is 0 Å². The number of nitrogens with zero attached hydrogens (tertiary/aromatic N) is 1. The molecule has 1 aliphatic heterocycles. The van der Waals surface area contributed by atoms with Gasteiger partial charge in [-0.3, -0.25) is 9.46 Å². The average Bonchev–Trinajstić information content (AvgIpc) is 3.35. The van der Waals surface area contributed by atoms with E-state index in [2.05, 4.69) is 0 Å². The molecule has 164 valence electrons. The van der Waals surface area contributed by atoms with Gasteiger partial charge in [-0.2, -0.15) is 13.2 Å². The second-order valence-electron chi connectivity index (χ2n) is 7.98. The Kier molecular flexibility index (Phi) is 6.78. The normalized spacial score (nSPS) is 22.0. The van der Waals surface area contributed by atoms with Crippen LogP contribution in [0.1, 0.15) is 50.4 Å². The molecule has 0 bridgehead atoms. The van der Waals surface area contributed by atoms with E-state index in [1.165, 1.54) is 12.1 Å². The molecule has 0 amide bonds. The van der Waals surface area contributed by atoms with E-state index in [1.54, 1.807) is 27.7 Å². The third-order valence-electron chi connectivity index (χ3n) is 4.72. The van der Waals surface area contributed by atoms with Crippen molar-refractivity contribution in [3.8, 4) is 0 Å². The zero-order valence-corrected chi connectivity index (χ0v) is 18.4. The number of rotatable bonds is 8. The van der Waals surface area contributed by atoms with Gasteiger partial charge in [-0.1, -0.05) is 42.5 Å². The van der Waals surface area contributed by atoms with Crippen molar-refractivity contribution in [2.45, 2.75) is 64.4 Å². The molecule has 0 saturated carbocycles. The third kappa shape index (κ3) is 5.33. The average molecular weight is 441 g/mol. The summed E-state index contributed by atoms with van der Waals surface area (Å²) in [6.07, 6.45) is -4.96. The lowest BCUT2D eigenvalue weighted by atomic mass is 10.1. The van der Waals surface area contributed by atoms with E-state index >= 15 is 0 Å². The summed E-state index contributed by atoms with van der Waals surface area (Å²) in [5.41, 5.74) is 0.978. The molecule has 0 radical (unpaired) electrons. The Balaban J connectivity index is 1.89. The predicted molar refractivity (Wildman–Crippen MR) is 110 cm³/mol. The summed E-state index contributed by atoms with van der Waals surface area (Å²) in [7, 11) is -3.50. The van der Waals surface area contributed by atoms with Gasteiger partial charge in [-0.15, -0.1) is 0 Å². The van der Waals surface area contributed by atoms with Crippen molar-refractivity contribution >= 4 is 7.60 Å². The monoisotopic (exact) mass is 441 g/mol. The second kappa shape index (κ2) is 8.83. The Morgan fingerprint density at radius 3 is 1.93 bits per heavy atom. The van der Waals surface area contributed by atoms with Crippen molar-refractivity contribution in [2.75, 3.05) is 0 Å². The van der Waals surface area contributed by atoms with Gasteiger partial charge >= 0.3 is 13.8 Å². The highest BCUT2D eigenvalue weighted by molar-refractivity contribution is 7.55. The topological polar surface area (TPSA) is 38.5 Å². The lowest BCUT2D eigenvalue weighted by molar-refractivity contribution is -0.137. The highest BCUT2D eigenvalue weighted by Crippen LogP contribution is 2.69. The van der Waals surface area contributed by atoms with Crippen LogP contribution in [-0.4, -0.2) is 22.9 Å². The van der Waals surface area contributed by atoms with Gasteiger partial charge in [0.15, 0.2) is 0 Å². The van der Waals surface area contributed by atoms with Crippen LogP contribution < -0.4 is 0 Å². The van der Waals surface area contributed by atoms with E-state index in [1.807, 2.05) is 35.2 Å². The van der Waals surface area contributed by atoms with E-state index in [0.29, 0.717) is 12.1 Å². The molecular formula is C22H27F3NO3P. The molecule has 3 atom stereocenters. The number of hydrogen-bond donors (Lipinski definition) is 0. The van der Waals surface area contributed by atoms with Crippen molar-refractivity contribution in [2.24, 2.45) is 0 Å². The van der Waals surface area contributed by atoms with Crippen LogP contribution in [0.2, 0.25) is 0 Å². The first-order valence-electron chi connectivity index (χ1n) is 9.94. The van der Waals surface area contributed by atoms with Gasteiger partial charge in [0.05, 0.1) is 23.8 Å². The second-order valence-corrected chi connectivity index (χ2v) is 10.0. The minimum atomic E-state index is -4.38. The minimum Gasteiger partial charge on any atom is -0.305 e. The van der Waals surface area contributed by atoms with Gasteiger partial charge in [0, 0.05) is 6.54 Å². The van der Waals surface area contributed by atoms with Crippen LogP contribution in [0.5, 0.6) is 0 Å². The zero-order chi connectivity index (χ0) is 22.1.